The van der Waals surface area contributed by atoms with Gasteiger partial charge in [-0.2, -0.15) is 0 Å². The third-order valence-corrected chi connectivity index (χ3v) is 6.65. The molecule has 1 aromatic carbocycles. The maximum atomic E-state index is 14.2. The van der Waals surface area contributed by atoms with Gasteiger partial charge in [-0.3, -0.25) is 9.10 Å². The number of benzene rings is 1. The summed E-state index contributed by atoms with van der Waals surface area (Å²) in [5, 5.41) is 3.04. The summed E-state index contributed by atoms with van der Waals surface area (Å²) in [5.74, 6) is 0.174. The van der Waals surface area contributed by atoms with Gasteiger partial charge in [0.15, 0.2) is 0 Å². The van der Waals surface area contributed by atoms with Crippen molar-refractivity contribution in [3.63, 3.8) is 0 Å². The molecule has 2 aliphatic rings. The first kappa shape index (κ1) is 18.2. The van der Waals surface area contributed by atoms with Crippen LogP contribution in [0.2, 0.25) is 0 Å². The number of nitrogens with zero attached hydrogens (tertiary/aromatic N) is 1. The predicted octanol–water partition coefficient (Wildman–Crippen LogP) is 2.68. The molecular weight excluding hydrogens is 343 g/mol. The van der Waals surface area contributed by atoms with Gasteiger partial charge in [0.1, 0.15) is 11.9 Å². The second-order valence-corrected chi connectivity index (χ2v) is 9.08. The molecule has 4 unspecified atom stereocenters. The average Bonchev–Trinajstić information content (AvgIpc) is 3.15. The zero-order valence-electron chi connectivity index (χ0n) is 14.6. The van der Waals surface area contributed by atoms with Crippen molar-refractivity contribution >= 4 is 21.6 Å². The average molecular weight is 368 g/mol. The van der Waals surface area contributed by atoms with Gasteiger partial charge in [-0.1, -0.05) is 25.5 Å². The number of fused-ring (bicyclic) bond motifs is 2. The zero-order valence-corrected chi connectivity index (χ0v) is 15.4. The summed E-state index contributed by atoms with van der Waals surface area (Å²) in [6.45, 7) is 1.74. The van der Waals surface area contributed by atoms with E-state index in [9.17, 15) is 17.6 Å². The highest BCUT2D eigenvalue weighted by atomic mass is 32.2. The Balaban J connectivity index is 1.85. The molecule has 2 fully saturated rings. The smallest absolute Gasteiger partial charge is 0.244 e. The largest absolute Gasteiger partial charge is 0.351 e. The van der Waals surface area contributed by atoms with Gasteiger partial charge in [0.2, 0.25) is 15.9 Å². The van der Waals surface area contributed by atoms with Crippen molar-refractivity contribution < 1.29 is 17.6 Å². The third-order valence-electron chi connectivity index (χ3n) is 5.49. The van der Waals surface area contributed by atoms with Gasteiger partial charge in [-0.25, -0.2) is 12.8 Å². The molecule has 1 N–H and O–H groups in total. The normalized spacial score (nSPS) is 26.4. The zero-order chi connectivity index (χ0) is 18.2. The van der Waals surface area contributed by atoms with E-state index in [1.165, 1.54) is 24.6 Å². The van der Waals surface area contributed by atoms with Crippen LogP contribution in [0.3, 0.4) is 0 Å². The molecular formula is C18H25FN2O3S. The molecule has 2 saturated carbocycles. The van der Waals surface area contributed by atoms with Gasteiger partial charge in [0.05, 0.1) is 11.9 Å². The molecule has 4 atom stereocenters. The van der Waals surface area contributed by atoms with Crippen molar-refractivity contribution in [2.24, 2.45) is 11.8 Å². The minimum atomic E-state index is -3.81. The molecule has 0 radical (unpaired) electrons. The van der Waals surface area contributed by atoms with Gasteiger partial charge in [-0.15, -0.1) is 0 Å². The number of carbonyl (C=O) groups excluding carboxylic acids is 1. The van der Waals surface area contributed by atoms with E-state index in [2.05, 4.69) is 5.32 Å². The predicted molar refractivity (Wildman–Crippen MR) is 95.2 cm³/mol. The van der Waals surface area contributed by atoms with E-state index in [1.807, 2.05) is 0 Å². The van der Waals surface area contributed by atoms with E-state index in [1.54, 1.807) is 13.0 Å². The number of hydrogen-bond donors (Lipinski definition) is 1. The Bertz CT molecular complexity index is 752. The molecule has 0 aromatic heterocycles. The Morgan fingerprint density at radius 2 is 2.04 bits per heavy atom. The first-order chi connectivity index (χ1) is 11.8. The first-order valence-corrected chi connectivity index (χ1v) is 10.7. The molecule has 25 heavy (non-hydrogen) atoms. The van der Waals surface area contributed by atoms with Crippen LogP contribution < -0.4 is 9.62 Å². The SMILES string of the molecule is CCC(C(=O)NC1CC2CCC1C2)N(c1ccccc1F)S(C)(=O)=O. The number of hydrogen-bond acceptors (Lipinski definition) is 3. The second kappa shape index (κ2) is 6.94. The van der Waals surface area contributed by atoms with Crippen molar-refractivity contribution in [2.45, 2.75) is 51.1 Å². The molecule has 0 saturated heterocycles. The maximum Gasteiger partial charge on any atom is 0.244 e. The highest BCUT2D eigenvalue weighted by Crippen LogP contribution is 2.44. The summed E-state index contributed by atoms with van der Waals surface area (Å²) in [5.41, 5.74) is -0.0834. The fourth-order valence-corrected chi connectivity index (χ4v) is 5.58. The Hall–Kier alpha value is -1.63. The van der Waals surface area contributed by atoms with Gasteiger partial charge < -0.3 is 5.32 Å². The van der Waals surface area contributed by atoms with Crippen molar-refractivity contribution in [1.29, 1.82) is 0 Å². The van der Waals surface area contributed by atoms with E-state index < -0.39 is 21.9 Å². The van der Waals surface area contributed by atoms with E-state index in [0.717, 1.165) is 29.8 Å². The topological polar surface area (TPSA) is 66.5 Å². The van der Waals surface area contributed by atoms with E-state index in [0.29, 0.717) is 11.8 Å². The van der Waals surface area contributed by atoms with Crippen LogP contribution in [-0.4, -0.2) is 32.7 Å². The first-order valence-electron chi connectivity index (χ1n) is 8.85. The van der Waals surface area contributed by atoms with Gasteiger partial charge >= 0.3 is 0 Å². The van der Waals surface area contributed by atoms with Gasteiger partial charge in [0.25, 0.3) is 0 Å². The maximum absolute atomic E-state index is 14.2. The van der Waals surface area contributed by atoms with Gasteiger partial charge in [-0.05, 0) is 49.7 Å². The number of halogens is 1. The van der Waals surface area contributed by atoms with Crippen LogP contribution in [-0.2, 0) is 14.8 Å². The van der Waals surface area contributed by atoms with Crippen molar-refractivity contribution in [1.82, 2.24) is 5.32 Å². The van der Waals surface area contributed by atoms with Crippen LogP contribution in [0.25, 0.3) is 0 Å². The number of para-hydroxylation sites is 1. The summed E-state index contributed by atoms with van der Waals surface area (Å²) < 4.78 is 39.8. The number of amides is 1. The van der Waals surface area contributed by atoms with E-state index in [4.69, 9.17) is 0 Å². The van der Waals surface area contributed by atoms with Crippen LogP contribution in [0, 0.1) is 17.7 Å². The molecule has 0 heterocycles. The molecule has 138 valence electrons. The highest BCUT2D eigenvalue weighted by molar-refractivity contribution is 7.92. The lowest BCUT2D eigenvalue weighted by atomic mass is 9.95. The monoisotopic (exact) mass is 368 g/mol. The number of carbonyl (C=O) groups is 1. The lowest BCUT2D eigenvalue weighted by Crippen LogP contribution is -2.52. The van der Waals surface area contributed by atoms with E-state index in [-0.39, 0.29) is 24.1 Å². The summed E-state index contributed by atoms with van der Waals surface area (Å²) in [6, 6.07) is 4.82. The lowest BCUT2D eigenvalue weighted by Gasteiger charge is -2.32. The molecule has 0 aliphatic heterocycles. The molecule has 7 heteroatoms. The van der Waals surface area contributed by atoms with Gasteiger partial charge in [0, 0.05) is 6.04 Å². The molecule has 5 nitrogen and oxygen atoms in total. The standard InChI is InChI=1S/C18H25FN2O3S/c1-3-16(18(22)20-15-11-12-8-9-13(15)10-12)21(25(2,23)24)17-7-5-4-6-14(17)19/h4-7,12-13,15-16H,3,8-11H2,1-2H3,(H,20,22). The lowest BCUT2D eigenvalue weighted by molar-refractivity contribution is -0.123. The second-order valence-electron chi connectivity index (χ2n) is 7.22. The Morgan fingerprint density at radius 3 is 2.56 bits per heavy atom. The number of anilines is 1. The number of rotatable bonds is 6. The van der Waals surface area contributed by atoms with Crippen molar-refractivity contribution in [3.05, 3.63) is 30.1 Å². The Morgan fingerprint density at radius 1 is 1.32 bits per heavy atom. The van der Waals surface area contributed by atoms with Crippen LogP contribution in [0.5, 0.6) is 0 Å². The highest BCUT2D eigenvalue weighted by Gasteiger charge is 2.42. The number of nitrogens with one attached hydrogen (secondary N) is 1. The Kier molecular flexibility index (Phi) is 5.04. The van der Waals surface area contributed by atoms with Crippen LogP contribution in [0.1, 0.15) is 39.0 Å². The molecule has 2 bridgehead atoms. The van der Waals surface area contributed by atoms with Crippen LogP contribution in [0.15, 0.2) is 24.3 Å². The van der Waals surface area contributed by atoms with Crippen molar-refractivity contribution in [3.8, 4) is 0 Å². The molecule has 1 aromatic rings. The quantitative estimate of drug-likeness (QED) is 0.839. The third kappa shape index (κ3) is 3.66. The molecule has 3 rings (SSSR count). The summed E-state index contributed by atoms with van der Waals surface area (Å²) in [7, 11) is -3.81. The molecule has 1 amide bonds. The minimum absolute atomic E-state index is 0.0834. The minimum Gasteiger partial charge on any atom is -0.351 e. The fraction of sp³-hybridized carbons (Fsp3) is 0.611. The summed E-state index contributed by atoms with van der Waals surface area (Å²) in [6.07, 6.45) is 5.73. The molecule has 0 spiro atoms. The Labute approximate surface area is 148 Å². The summed E-state index contributed by atoms with van der Waals surface area (Å²) >= 11 is 0. The summed E-state index contributed by atoms with van der Waals surface area (Å²) in [4.78, 5) is 12.8. The number of sulfonamides is 1. The van der Waals surface area contributed by atoms with Crippen molar-refractivity contribution in [2.75, 3.05) is 10.6 Å². The van der Waals surface area contributed by atoms with E-state index >= 15 is 0 Å². The van der Waals surface area contributed by atoms with Crippen LogP contribution in [0.4, 0.5) is 10.1 Å². The van der Waals surface area contributed by atoms with Crippen LogP contribution >= 0.6 is 0 Å². The fourth-order valence-electron chi connectivity index (χ4n) is 4.37. The molecule has 2 aliphatic carbocycles.